The molecule has 0 radical (unpaired) electrons. The van der Waals surface area contributed by atoms with Crippen molar-refractivity contribution >= 4 is 16.3 Å². The maximum atomic E-state index is 10.5. The highest BCUT2D eigenvalue weighted by atomic mass is 32.1. The van der Waals surface area contributed by atoms with Crippen molar-refractivity contribution < 1.29 is 9.52 Å². The van der Waals surface area contributed by atoms with Crippen LogP contribution in [0.25, 0.3) is 4.96 Å². The van der Waals surface area contributed by atoms with E-state index in [0.29, 0.717) is 4.96 Å². The van der Waals surface area contributed by atoms with Crippen LogP contribution in [-0.4, -0.2) is 37.7 Å². The Balaban J connectivity index is 1.84. The first kappa shape index (κ1) is 12.8. The molecule has 0 unspecified atom stereocenters. The number of hydrogen-bond donors (Lipinski definition) is 1. The fourth-order valence-corrected chi connectivity index (χ4v) is 4.02. The van der Waals surface area contributed by atoms with Gasteiger partial charge in [0.25, 0.3) is 0 Å². The van der Waals surface area contributed by atoms with Crippen LogP contribution in [0.3, 0.4) is 0 Å². The van der Waals surface area contributed by atoms with Crippen LogP contribution in [0.5, 0.6) is 5.88 Å². The minimum atomic E-state index is -0.0605. The van der Waals surface area contributed by atoms with Gasteiger partial charge in [-0.3, -0.25) is 4.90 Å². The number of furan rings is 1. The Morgan fingerprint density at radius 3 is 2.81 bits per heavy atom. The average molecular weight is 304 g/mol. The molecule has 0 saturated carbocycles. The molecule has 3 aromatic rings. The fourth-order valence-electron chi connectivity index (χ4n) is 2.95. The van der Waals surface area contributed by atoms with Crippen molar-refractivity contribution in [1.29, 1.82) is 0 Å². The van der Waals surface area contributed by atoms with E-state index in [0.717, 1.165) is 29.5 Å². The van der Waals surface area contributed by atoms with Crippen molar-refractivity contribution in [3.05, 3.63) is 34.9 Å². The molecule has 0 aliphatic carbocycles. The van der Waals surface area contributed by atoms with E-state index in [2.05, 4.69) is 15.0 Å². The maximum absolute atomic E-state index is 10.5. The molecule has 110 valence electrons. The normalized spacial score (nSPS) is 17.8. The van der Waals surface area contributed by atoms with Gasteiger partial charge in [0.15, 0.2) is 0 Å². The van der Waals surface area contributed by atoms with Crippen LogP contribution in [0, 0.1) is 6.92 Å². The average Bonchev–Trinajstić information content (AvgIpc) is 3.20. The zero-order valence-electron chi connectivity index (χ0n) is 11.7. The van der Waals surface area contributed by atoms with Crippen molar-refractivity contribution in [2.24, 2.45) is 0 Å². The van der Waals surface area contributed by atoms with Gasteiger partial charge in [-0.2, -0.15) is 9.61 Å². The molecule has 0 spiro atoms. The molecular weight excluding hydrogens is 288 g/mol. The fraction of sp³-hybridized carbons (Fsp3) is 0.429. The molecule has 1 atom stereocenters. The van der Waals surface area contributed by atoms with Crippen LogP contribution in [0.1, 0.15) is 35.3 Å². The van der Waals surface area contributed by atoms with Crippen LogP contribution in [0.2, 0.25) is 0 Å². The van der Waals surface area contributed by atoms with Gasteiger partial charge in [-0.15, -0.1) is 0 Å². The van der Waals surface area contributed by atoms with E-state index in [9.17, 15) is 5.11 Å². The van der Waals surface area contributed by atoms with Crippen LogP contribution < -0.4 is 0 Å². The molecule has 7 heteroatoms. The molecule has 4 heterocycles. The first-order valence-corrected chi connectivity index (χ1v) is 7.87. The molecule has 1 fully saturated rings. The summed E-state index contributed by atoms with van der Waals surface area (Å²) in [6.07, 6.45) is 3.81. The second-order valence-electron chi connectivity index (χ2n) is 5.34. The summed E-state index contributed by atoms with van der Waals surface area (Å²) in [5.74, 6) is 1.92. The lowest BCUT2D eigenvalue weighted by atomic mass is 10.1. The van der Waals surface area contributed by atoms with Gasteiger partial charge in [0, 0.05) is 0 Å². The third-order valence-electron chi connectivity index (χ3n) is 3.92. The molecule has 0 amide bonds. The summed E-state index contributed by atoms with van der Waals surface area (Å²) < 4.78 is 7.33. The zero-order chi connectivity index (χ0) is 14.4. The number of likely N-dealkylation sites (tertiary alicyclic amines) is 1. The van der Waals surface area contributed by atoms with E-state index in [1.165, 1.54) is 35.0 Å². The number of rotatable bonds is 3. The van der Waals surface area contributed by atoms with Crippen LogP contribution in [-0.2, 0) is 0 Å². The maximum Gasteiger partial charge on any atom is 0.230 e. The summed E-state index contributed by atoms with van der Waals surface area (Å²) >= 11 is 1.47. The SMILES string of the molecule is Cc1ccc([C@@H](c2sc3ncnn3c2O)N2CCCC2)o1. The Bertz CT molecular complexity index is 769. The lowest BCUT2D eigenvalue weighted by Gasteiger charge is -2.24. The summed E-state index contributed by atoms with van der Waals surface area (Å²) in [5.41, 5.74) is 0. The molecule has 1 aliphatic rings. The molecule has 3 aromatic heterocycles. The summed E-state index contributed by atoms with van der Waals surface area (Å²) in [5, 5.41) is 14.5. The van der Waals surface area contributed by atoms with E-state index in [-0.39, 0.29) is 11.9 Å². The van der Waals surface area contributed by atoms with Crippen molar-refractivity contribution in [3.63, 3.8) is 0 Å². The van der Waals surface area contributed by atoms with Crippen molar-refractivity contribution in [1.82, 2.24) is 19.5 Å². The van der Waals surface area contributed by atoms with Gasteiger partial charge in [0.05, 0.1) is 4.88 Å². The lowest BCUT2D eigenvalue weighted by molar-refractivity contribution is 0.244. The largest absolute Gasteiger partial charge is 0.492 e. The topological polar surface area (TPSA) is 66.8 Å². The Labute approximate surface area is 125 Å². The third-order valence-corrected chi connectivity index (χ3v) is 5.01. The molecule has 0 bridgehead atoms. The monoisotopic (exact) mass is 304 g/mol. The van der Waals surface area contributed by atoms with Crippen molar-refractivity contribution in [3.8, 4) is 5.88 Å². The van der Waals surface area contributed by atoms with Gasteiger partial charge in [-0.25, -0.2) is 4.98 Å². The zero-order valence-corrected chi connectivity index (χ0v) is 12.5. The van der Waals surface area contributed by atoms with Gasteiger partial charge in [0.1, 0.15) is 23.9 Å². The molecule has 6 nitrogen and oxygen atoms in total. The predicted octanol–water partition coefficient (Wildman–Crippen LogP) is 2.58. The first-order chi connectivity index (χ1) is 10.2. The van der Waals surface area contributed by atoms with Crippen LogP contribution in [0.4, 0.5) is 0 Å². The van der Waals surface area contributed by atoms with E-state index in [1.807, 2.05) is 19.1 Å². The van der Waals surface area contributed by atoms with E-state index >= 15 is 0 Å². The Kier molecular flexibility index (Phi) is 2.97. The van der Waals surface area contributed by atoms with Gasteiger partial charge in [-0.05, 0) is 45.0 Å². The number of hydrogen-bond acceptors (Lipinski definition) is 6. The van der Waals surface area contributed by atoms with E-state index in [4.69, 9.17) is 4.42 Å². The van der Waals surface area contributed by atoms with Gasteiger partial charge in [0.2, 0.25) is 10.8 Å². The minimum Gasteiger partial charge on any atom is -0.492 e. The predicted molar refractivity (Wildman–Crippen MR) is 78.6 cm³/mol. The third kappa shape index (κ3) is 2.04. The second-order valence-corrected chi connectivity index (χ2v) is 6.35. The molecule has 4 rings (SSSR count). The van der Waals surface area contributed by atoms with Gasteiger partial charge >= 0.3 is 0 Å². The van der Waals surface area contributed by atoms with E-state index < -0.39 is 0 Å². The highest BCUT2D eigenvalue weighted by molar-refractivity contribution is 7.17. The standard InChI is InChI=1S/C14H16N4O2S/c1-9-4-5-10(20-9)11(17-6-2-3-7-17)12-13(19)18-14(21-12)15-8-16-18/h4-5,8,11,19H,2-3,6-7H2,1H3/t11-/m0/s1. The number of aromatic nitrogens is 3. The summed E-state index contributed by atoms with van der Waals surface area (Å²) in [7, 11) is 0. The lowest BCUT2D eigenvalue weighted by Crippen LogP contribution is -2.25. The summed E-state index contributed by atoms with van der Waals surface area (Å²) in [4.78, 5) is 8.07. The molecule has 1 aliphatic heterocycles. The van der Waals surface area contributed by atoms with Gasteiger partial charge < -0.3 is 9.52 Å². The highest BCUT2D eigenvalue weighted by Crippen LogP contribution is 2.41. The quantitative estimate of drug-likeness (QED) is 0.805. The molecule has 1 N–H and O–H groups in total. The Morgan fingerprint density at radius 1 is 1.33 bits per heavy atom. The number of nitrogens with zero attached hydrogens (tertiary/aromatic N) is 4. The molecule has 1 saturated heterocycles. The second kappa shape index (κ2) is 4.85. The Hall–Kier alpha value is -1.86. The number of fused-ring (bicyclic) bond motifs is 1. The number of aryl methyl sites for hydroxylation is 1. The number of aromatic hydroxyl groups is 1. The summed E-state index contributed by atoms with van der Waals surface area (Å²) in [6.45, 7) is 3.96. The van der Waals surface area contributed by atoms with Crippen molar-refractivity contribution in [2.75, 3.05) is 13.1 Å². The van der Waals surface area contributed by atoms with Gasteiger partial charge in [-0.1, -0.05) is 11.3 Å². The highest BCUT2D eigenvalue weighted by Gasteiger charge is 2.32. The van der Waals surface area contributed by atoms with Crippen LogP contribution >= 0.6 is 11.3 Å². The molecule has 21 heavy (non-hydrogen) atoms. The Morgan fingerprint density at radius 2 is 2.14 bits per heavy atom. The molecular formula is C14H16N4O2S. The summed E-state index contributed by atoms with van der Waals surface area (Å²) in [6, 6.07) is 3.90. The van der Waals surface area contributed by atoms with Crippen molar-refractivity contribution in [2.45, 2.75) is 25.8 Å². The van der Waals surface area contributed by atoms with E-state index in [1.54, 1.807) is 0 Å². The number of thiazole rings is 1. The first-order valence-electron chi connectivity index (χ1n) is 7.06. The smallest absolute Gasteiger partial charge is 0.230 e. The van der Waals surface area contributed by atoms with Crippen LogP contribution in [0.15, 0.2) is 22.9 Å². The molecule has 0 aromatic carbocycles. The minimum absolute atomic E-state index is 0.0605.